The molecule has 1 heterocycles. The average molecular weight is 316 g/mol. The van der Waals surface area contributed by atoms with E-state index in [2.05, 4.69) is 5.32 Å². The van der Waals surface area contributed by atoms with Gasteiger partial charge in [0.2, 0.25) is 0 Å². The number of aliphatic hydroxyl groups excluding tert-OH is 1. The lowest BCUT2D eigenvalue weighted by Gasteiger charge is -2.30. The Balaban J connectivity index is 2.66. The maximum Gasteiger partial charge on any atom is 0.410 e. The highest BCUT2D eigenvalue weighted by atomic mass is 16.6. The molecule has 0 spiro atoms. The summed E-state index contributed by atoms with van der Waals surface area (Å²) in [7, 11) is 0. The quantitative estimate of drug-likeness (QED) is 0.812. The molecule has 0 radical (unpaired) electrons. The maximum atomic E-state index is 12.1. The molecule has 1 aliphatic rings. The van der Waals surface area contributed by atoms with Gasteiger partial charge < -0.3 is 24.8 Å². The van der Waals surface area contributed by atoms with E-state index < -0.39 is 28.9 Å². The van der Waals surface area contributed by atoms with E-state index in [1.165, 1.54) is 4.90 Å². The van der Waals surface area contributed by atoms with E-state index in [-0.39, 0.29) is 13.2 Å². The number of hydrogen-bond donors (Lipinski definition) is 2. The second-order valence-electron chi connectivity index (χ2n) is 7.72. The fraction of sp³-hybridized carbons (Fsp3) is 0.867. The second-order valence-corrected chi connectivity index (χ2v) is 7.72. The van der Waals surface area contributed by atoms with Gasteiger partial charge in [0, 0.05) is 13.1 Å². The van der Waals surface area contributed by atoms with Crippen molar-refractivity contribution in [2.24, 2.45) is 0 Å². The van der Waals surface area contributed by atoms with Gasteiger partial charge >= 0.3 is 12.2 Å². The van der Waals surface area contributed by atoms with Crippen LogP contribution in [0.2, 0.25) is 0 Å². The van der Waals surface area contributed by atoms with Crippen LogP contribution < -0.4 is 5.32 Å². The van der Waals surface area contributed by atoms with Gasteiger partial charge in [-0.2, -0.15) is 0 Å². The van der Waals surface area contributed by atoms with Gasteiger partial charge in [-0.1, -0.05) is 0 Å². The summed E-state index contributed by atoms with van der Waals surface area (Å²) in [6.07, 6.45) is -0.608. The van der Waals surface area contributed by atoms with Crippen LogP contribution >= 0.6 is 0 Å². The first-order chi connectivity index (χ1) is 9.86. The third kappa shape index (κ3) is 5.71. The highest BCUT2D eigenvalue weighted by Gasteiger charge is 2.42. The molecule has 0 bridgehead atoms. The lowest BCUT2D eigenvalue weighted by atomic mass is 10.0. The molecule has 2 N–H and O–H groups in total. The predicted molar refractivity (Wildman–Crippen MR) is 81.6 cm³/mol. The van der Waals surface area contributed by atoms with Gasteiger partial charge in [-0.15, -0.1) is 0 Å². The molecule has 0 saturated carbocycles. The Morgan fingerprint density at radius 3 is 2.14 bits per heavy atom. The van der Waals surface area contributed by atoms with Crippen molar-refractivity contribution in [2.45, 2.75) is 64.7 Å². The molecule has 22 heavy (non-hydrogen) atoms. The van der Waals surface area contributed by atoms with E-state index >= 15 is 0 Å². The fourth-order valence-corrected chi connectivity index (χ4v) is 2.15. The fourth-order valence-electron chi connectivity index (χ4n) is 2.15. The molecule has 1 fully saturated rings. The third-order valence-corrected chi connectivity index (χ3v) is 3.07. The lowest BCUT2D eigenvalue weighted by Crippen LogP contribution is -2.54. The van der Waals surface area contributed by atoms with Gasteiger partial charge in [-0.05, 0) is 48.0 Å². The largest absolute Gasteiger partial charge is 0.444 e. The number of nitrogens with zero attached hydrogens (tertiary/aromatic N) is 1. The van der Waals surface area contributed by atoms with E-state index in [1.807, 2.05) is 0 Å². The molecule has 0 aromatic rings. The number of hydrogen-bond acceptors (Lipinski definition) is 5. The van der Waals surface area contributed by atoms with Crippen molar-refractivity contribution in [3.05, 3.63) is 0 Å². The van der Waals surface area contributed by atoms with Crippen molar-refractivity contribution in [3.63, 3.8) is 0 Å². The molecular formula is C15H28N2O5. The summed E-state index contributed by atoms with van der Waals surface area (Å²) < 4.78 is 10.5. The molecular weight excluding hydrogens is 288 g/mol. The minimum Gasteiger partial charge on any atom is -0.444 e. The normalized spacial score (nSPS) is 22.4. The number of nitrogens with one attached hydrogen (secondary N) is 1. The number of ether oxygens (including phenoxy) is 2. The number of rotatable bonds is 2. The predicted octanol–water partition coefficient (Wildman–Crippen LogP) is 1.88. The van der Waals surface area contributed by atoms with Crippen LogP contribution in [0.25, 0.3) is 0 Å². The van der Waals surface area contributed by atoms with Crippen LogP contribution in [0.3, 0.4) is 0 Å². The van der Waals surface area contributed by atoms with Crippen LogP contribution in [0.1, 0.15) is 48.0 Å². The van der Waals surface area contributed by atoms with Crippen molar-refractivity contribution in [1.29, 1.82) is 0 Å². The SMILES string of the molecule is CC(C)(C)OC(=O)NC1(CO)CCN(C(=O)OC(C)(C)C)C1. The van der Waals surface area contributed by atoms with Crippen molar-refractivity contribution in [3.8, 4) is 0 Å². The molecule has 1 unspecified atom stereocenters. The molecule has 1 atom stereocenters. The molecule has 7 heteroatoms. The topological polar surface area (TPSA) is 88.1 Å². The van der Waals surface area contributed by atoms with E-state index in [0.717, 1.165) is 0 Å². The number of carbonyl (C=O) groups is 2. The number of alkyl carbamates (subject to hydrolysis) is 1. The Labute approximate surface area is 131 Å². The zero-order valence-corrected chi connectivity index (χ0v) is 14.4. The molecule has 0 aliphatic carbocycles. The summed E-state index contributed by atoms with van der Waals surface area (Å²) in [6.45, 7) is 11.0. The Bertz CT molecular complexity index is 425. The zero-order valence-electron chi connectivity index (χ0n) is 14.4. The standard InChI is InChI=1S/C15H28N2O5/c1-13(2,3)21-11(19)16-15(10-18)7-8-17(9-15)12(20)22-14(4,5)6/h18H,7-10H2,1-6H3,(H,16,19). The van der Waals surface area contributed by atoms with E-state index in [0.29, 0.717) is 13.0 Å². The molecule has 128 valence electrons. The molecule has 7 nitrogen and oxygen atoms in total. The van der Waals surface area contributed by atoms with Gasteiger partial charge in [-0.25, -0.2) is 9.59 Å². The van der Waals surface area contributed by atoms with Crippen LogP contribution in [-0.2, 0) is 9.47 Å². The van der Waals surface area contributed by atoms with Crippen molar-refractivity contribution >= 4 is 12.2 Å². The number of likely N-dealkylation sites (tertiary alicyclic amines) is 1. The van der Waals surface area contributed by atoms with Crippen LogP contribution in [-0.4, -0.2) is 58.6 Å². The highest BCUT2D eigenvalue weighted by Crippen LogP contribution is 2.24. The van der Waals surface area contributed by atoms with Gasteiger partial charge in [0.15, 0.2) is 0 Å². The third-order valence-electron chi connectivity index (χ3n) is 3.07. The first-order valence-electron chi connectivity index (χ1n) is 7.46. The van der Waals surface area contributed by atoms with Crippen LogP contribution in [0.5, 0.6) is 0 Å². The number of amides is 2. The van der Waals surface area contributed by atoms with Crippen molar-refractivity contribution < 1.29 is 24.2 Å². The molecule has 1 rings (SSSR count). The van der Waals surface area contributed by atoms with Crippen LogP contribution in [0, 0.1) is 0 Å². The monoisotopic (exact) mass is 316 g/mol. The minimum atomic E-state index is -0.890. The smallest absolute Gasteiger partial charge is 0.410 e. The van der Waals surface area contributed by atoms with Crippen LogP contribution in [0.15, 0.2) is 0 Å². The highest BCUT2D eigenvalue weighted by molar-refractivity contribution is 5.71. The summed E-state index contributed by atoms with van der Waals surface area (Å²) in [5, 5.41) is 12.3. The Morgan fingerprint density at radius 1 is 1.14 bits per heavy atom. The summed E-state index contributed by atoms with van der Waals surface area (Å²) in [5.74, 6) is 0. The van der Waals surface area contributed by atoms with Crippen LogP contribution in [0.4, 0.5) is 9.59 Å². The summed E-state index contributed by atoms with van der Waals surface area (Å²) in [5.41, 5.74) is -2.09. The molecule has 1 aliphatic heterocycles. The zero-order chi connectivity index (χ0) is 17.2. The lowest BCUT2D eigenvalue weighted by molar-refractivity contribution is 0.0239. The van der Waals surface area contributed by atoms with Gasteiger partial charge in [0.05, 0.1) is 12.1 Å². The van der Waals surface area contributed by atoms with Crippen molar-refractivity contribution in [2.75, 3.05) is 19.7 Å². The van der Waals surface area contributed by atoms with Gasteiger partial charge in [0.1, 0.15) is 11.2 Å². The second kappa shape index (κ2) is 6.32. The Hall–Kier alpha value is -1.50. The molecule has 2 amide bonds. The van der Waals surface area contributed by atoms with E-state index in [1.54, 1.807) is 41.5 Å². The van der Waals surface area contributed by atoms with E-state index in [9.17, 15) is 14.7 Å². The first kappa shape index (κ1) is 18.5. The number of aliphatic hydroxyl groups is 1. The molecule has 0 aromatic carbocycles. The Morgan fingerprint density at radius 2 is 1.68 bits per heavy atom. The summed E-state index contributed by atoms with van der Waals surface area (Å²) in [6, 6.07) is 0. The number of carbonyl (C=O) groups excluding carboxylic acids is 2. The summed E-state index contributed by atoms with van der Waals surface area (Å²) in [4.78, 5) is 25.4. The van der Waals surface area contributed by atoms with Gasteiger partial charge in [0.25, 0.3) is 0 Å². The Kier molecular flexibility index (Phi) is 5.33. The average Bonchev–Trinajstić information content (AvgIpc) is 2.69. The maximum absolute atomic E-state index is 12.1. The summed E-state index contributed by atoms with van der Waals surface area (Å²) >= 11 is 0. The molecule has 1 saturated heterocycles. The van der Waals surface area contributed by atoms with Gasteiger partial charge in [-0.3, -0.25) is 0 Å². The van der Waals surface area contributed by atoms with Crippen molar-refractivity contribution in [1.82, 2.24) is 10.2 Å². The minimum absolute atomic E-state index is 0.192. The van der Waals surface area contributed by atoms with E-state index in [4.69, 9.17) is 9.47 Å². The molecule has 0 aromatic heterocycles. The first-order valence-corrected chi connectivity index (χ1v) is 7.46.